The van der Waals surface area contributed by atoms with E-state index < -0.39 is 5.91 Å². The second kappa shape index (κ2) is 8.47. The molecule has 5 nitrogen and oxygen atoms in total. The molecule has 3 rings (SSSR count). The predicted molar refractivity (Wildman–Crippen MR) is 105 cm³/mol. The van der Waals surface area contributed by atoms with Crippen molar-refractivity contribution in [2.45, 2.75) is 0 Å². The van der Waals surface area contributed by atoms with Crippen LogP contribution in [0.25, 0.3) is 17.3 Å². The Labute approximate surface area is 160 Å². The Balaban J connectivity index is 1.62. The average molecular weight is 385 g/mol. The Bertz CT molecular complexity index is 965. The largest absolute Gasteiger partial charge is 0.289 e. The number of amides is 1. The molecule has 1 heterocycles. The number of aromatic nitrogens is 2. The summed E-state index contributed by atoms with van der Waals surface area (Å²) in [6, 6.07) is 16.4. The molecule has 0 aliphatic carbocycles. The van der Waals surface area contributed by atoms with E-state index in [1.165, 1.54) is 6.21 Å². The third-order valence-corrected chi connectivity index (χ3v) is 4.01. The highest BCUT2D eigenvalue weighted by atomic mass is 35.5. The number of nitrogens with zero attached hydrogens (tertiary/aromatic N) is 2. The number of halogens is 2. The lowest BCUT2D eigenvalue weighted by atomic mass is 10.1. The summed E-state index contributed by atoms with van der Waals surface area (Å²) in [7, 11) is 0. The normalized spacial score (nSPS) is 11.3. The van der Waals surface area contributed by atoms with Crippen molar-refractivity contribution in [2.75, 3.05) is 0 Å². The molecule has 7 heteroatoms. The highest BCUT2D eigenvalue weighted by Gasteiger charge is 2.12. The summed E-state index contributed by atoms with van der Waals surface area (Å²) in [5.74, 6) is -0.411. The number of H-pyrrole nitrogens is 1. The zero-order valence-electron chi connectivity index (χ0n) is 13.5. The fourth-order valence-corrected chi connectivity index (χ4v) is 2.57. The molecule has 26 heavy (non-hydrogen) atoms. The first kappa shape index (κ1) is 17.9. The van der Waals surface area contributed by atoms with Crippen LogP contribution in [0, 0.1) is 0 Å². The first-order chi connectivity index (χ1) is 12.6. The average Bonchev–Trinajstić information content (AvgIpc) is 3.14. The van der Waals surface area contributed by atoms with Gasteiger partial charge in [-0.15, -0.1) is 0 Å². The SMILES string of the molecule is O=C(N/N=C/C=C/c1ccccc1)c1cc(-c2cc(Cl)ccc2Cl)n[nH]1. The minimum absolute atomic E-state index is 0.264. The fraction of sp³-hybridized carbons (Fsp3) is 0. The molecule has 0 radical (unpaired) electrons. The molecule has 3 aromatic rings. The van der Waals surface area contributed by atoms with Gasteiger partial charge in [-0.25, -0.2) is 5.43 Å². The van der Waals surface area contributed by atoms with E-state index in [2.05, 4.69) is 20.7 Å². The third kappa shape index (κ3) is 4.59. The van der Waals surface area contributed by atoms with Gasteiger partial charge in [0.2, 0.25) is 0 Å². The van der Waals surface area contributed by atoms with E-state index in [0.717, 1.165) is 5.56 Å². The number of carbonyl (C=O) groups is 1. The molecule has 0 saturated heterocycles. The van der Waals surface area contributed by atoms with Crippen molar-refractivity contribution < 1.29 is 4.79 Å². The van der Waals surface area contributed by atoms with Gasteiger partial charge in [0.15, 0.2) is 0 Å². The number of hydrazone groups is 1. The van der Waals surface area contributed by atoms with Crippen molar-refractivity contribution in [1.29, 1.82) is 0 Å². The Morgan fingerprint density at radius 1 is 1.12 bits per heavy atom. The highest BCUT2D eigenvalue weighted by molar-refractivity contribution is 6.35. The number of benzene rings is 2. The van der Waals surface area contributed by atoms with E-state index >= 15 is 0 Å². The van der Waals surface area contributed by atoms with Gasteiger partial charge in [-0.1, -0.05) is 59.6 Å². The second-order valence-corrected chi connectivity index (χ2v) is 6.12. The number of rotatable bonds is 5. The lowest BCUT2D eigenvalue weighted by Gasteiger charge is -2.00. The molecule has 0 spiro atoms. The Hall–Kier alpha value is -2.89. The molecule has 0 atom stereocenters. The Morgan fingerprint density at radius 3 is 2.73 bits per heavy atom. The van der Waals surface area contributed by atoms with Gasteiger partial charge in [0.1, 0.15) is 5.69 Å². The van der Waals surface area contributed by atoms with E-state index in [1.807, 2.05) is 36.4 Å². The lowest BCUT2D eigenvalue weighted by molar-refractivity contribution is 0.0950. The highest BCUT2D eigenvalue weighted by Crippen LogP contribution is 2.29. The van der Waals surface area contributed by atoms with Gasteiger partial charge < -0.3 is 0 Å². The molecule has 130 valence electrons. The van der Waals surface area contributed by atoms with Crippen molar-refractivity contribution in [2.24, 2.45) is 5.10 Å². The van der Waals surface area contributed by atoms with E-state index in [1.54, 1.807) is 30.3 Å². The molecular weight excluding hydrogens is 371 g/mol. The van der Waals surface area contributed by atoms with Crippen LogP contribution >= 0.6 is 23.2 Å². The lowest BCUT2D eigenvalue weighted by Crippen LogP contribution is -2.17. The number of carbonyl (C=O) groups excluding carboxylic acids is 1. The van der Waals surface area contributed by atoms with E-state index in [4.69, 9.17) is 23.2 Å². The van der Waals surface area contributed by atoms with Crippen molar-refractivity contribution >= 4 is 41.4 Å². The van der Waals surface area contributed by atoms with E-state index in [-0.39, 0.29) is 5.69 Å². The quantitative estimate of drug-likeness (QED) is 0.489. The minimum atomic E-state index is -0.411. The molecule has 0 fully saturated rings. The maximum absolute atomic E-state index is 12.1. The summed E-state index contributed by atoms with van der Waals surface area (Å²) >= 11 is 12.1. The van der Waals surface area contributed by atoms with Crippen LogP contribution in [-0.2, 0) is 0 Å². The number of hydrogen-bond donors (Lipinski definition) is 2. The van der Waals surface area contributed by atoms with Gasteiger partial charge in [-0.2, -0.15) is 10.2 Å². The molecule has 2 N–H and O–H groups in total. The zero-order chi connectivity index (χ0) is 18.4. The maximum Gasteiger partial charge on any atom is 0.289 e. The second-order valence-electron chi connectivity index (χ2n) is 5.28. The van der Waals surface area contributed by atoms with Crippen molar-refractivity contribution in [1.82, 2.24) is 15.6 Å². The van der Waals surface area contributed by atoms with Gasteiger partial charge in [-0.3, -0.25) is 9.89 Å². The molecule has 2 aromatic carbocycles. The van der Waals surface area contributed by atoms with Crippen LogP contribution in [0.3, 0.4) is 0 Å². The first-order valence-electron chi connectivity index (χ1n) is 7.69. The fourth-order valence-electron chi connectivity index (χ4n) is 2.19. The smallest absolute Gasteiger partial charge is 0.272 e. The van der Waals surface area contributed by atoms with Crippen LogP contribution in [-0.4, -0.2) is 22.3 Å². The maximum atomic E-state index is 12.1. The molecule has 1 amide bonds. The predicted octanol–water partition coefficient (Wildman–Crippen LogP) is 4.81. The van der Waals surface area contributed by atoms with Crippen LogP contribution in [0.1, 0.15) is 16.1 Å². The minimum Gasteiger partial charge on any atom is -0.272 e. The monoisotopic (exact) mass is 384 g/mol. The number of aromatic amines is 1. The van der Waals surface area contributed by atoms with Gasteiger partial charge in [0.05, 0.1) is 10.7 Å². The summed E-state index contributed by atoms with van der Waals surface area (Å²) in [5, 5.41) is 11.7. The van der Waals surface area contributed by atoms with Gasteiger partial charge >= 0.3 is 0 Å². The molecule has 0 bridgehead atoms. The summed E-state index contributed by atoms with van der Waals surface area (Å²) < 4.78 is 0. The standard InChI is InChI=1S/C19H14Cl2N4O/c20-14-8-9-16(21)15(11-14)17-12-18(24-23-17)19(26)25-22-10-4-7-13-5-2-1-3-6-13/h1-12H,(H,23,24)(H,25,26)/b7-4+,22-10+. The van der Waals surface area contributed by atoms with E-state index in [0.29, 0.717) is 21.3 Å². The van der Waals surface area contributed by atoms with Crippen LogP contribution in [0.2, 0.25) is 10.0 Å². The van der Waals surface area contributed by atoms with Gasteiger partial charge in [0.25, 0.3) is 5.91 Å². The summed E-state index contributed by atoms with van der Waals surface area (Å²) in [6.45, 7) is 0. The molecule has 1 aromatic heterocycles. The summed E-state index contributed by atoms with van der Waals surface area (Å²) in [4.78, 5) is 12.1. The Kier molecular flexibility index (Phi) is 5.84. The van der Waals surface area contributed by atoms with Crippen LogP contribution in [0.4, 0.5) is 0 Å². The molecule has 0 unspecified atom stereocenters. The van der Waals surface area contributed by atoms with Gasteiger partial charge in [0, 0.05) is 16.8 Å². The van der Waals surface area contributed by atoms with E-state index in [9.17, 15) is 4.79 Å². The summed E-state index contributed by atoms with van der Waals surface area (Å²) in [5.41, 5.74) is 4.90. The third-order valence-electron chi connectivity index (χ3n) is 3.44. The molecular formula is C19H14Cl2N4O. The topological polar surface area (TPSA) is 70.1 Å². The van der Waals surface area contributed by atoms with Gasteiger partial charge in [-0.05, 0) is 35.9 Å². The molecule has 0 aliphatic heterocycles. The van der Waals surface area contributed by atoms with Crippen molar-refractivity contribution in [3.63, 3.8) is 0 Å². The number of allylic oxidation sites excluding steroid dienone is 1. The number of hydrogen-bond acceptors (Lipinski definition) is 3. The summed E-state index contributed by atoms with van der Waals surface area (Å²) in [6.07, 6.45) is 5.11. The molecule has 0 saturated carbocycles. The van der Waals surface area contributed by atoms with Crippen LogP contribution in [0.5, 0.6) is 0 Å². The van der Waals surface area contributed by atoms with Crippen LogP contribution < -0.4 is 5.43 Å². The van der Waals surface area contributed by atoms with Crippen molar-refractivity contribution in [3.05, 3.63) is 82.0 Å². The first-order valence-corrected chi connectivity index (χ1v) is 8.45. The zero-order valence-corrected chi connectivity index (χ0v) is 15.0. The number of nitrogens with one attached hydrogen (secondary N) is 2. The van der Waals surface area contributed by atoms with Crippen LogP contribution in [0.15, 0.2) is 65.8 Å². The van der Waals surface area contributed by atoms with Crippen molar-refractivity contribution in [3.8, 4) is 11.3 Å². The Morgan fingerprint density at radius 2 is 1.92 bits per heavy atom. The molecule has 0 aliphatic rings.